The molecule has 0 amide bonds. The maximum atomic E-state index is 14.9. The fourth-order valence-corrected chi connectivity index (χ4v) is 5.20. The van der Waals surface area contributed by atoms with Gasteiger partial charge in [-0.3, -0.25) is 19.2 Å². The molecule has 9 heteroatoms. The van der Waals surface area contributed by atoms with Crippen molar-refractivity contribution in [2.75, 3.05) is 46.8 Å². The minimum atomic E-state index is -1.07. The van der Waals surface area contributed by atoms with Gasteiger partial charge in [0, 0.05) is 44.3 Å². The van der Waals surface area contributed by atoms with Crippen LogP contribution in [0.1, 0.15) is 24.6 Å². The summed E-state index contributed by atoms with van der Waals surface area (Å²) in [5.74, 6) is 0. The lowest BCUT2D eigenvalue weighted by molar-refractivity contribution is 0.0126. The van der Waals surface area contributed by atoms with Crippen LogP contribution in [0.3, 0.4) is 0 Å². The van der Waals surface area contributed by atoms with Crippen LogP contribution in [-0.2, 0) is 0 Å². The van der Waals surface area contributed by atoms with Gasteiger partial charge < -0.3 is 10.6 Å². The number of alkyl halides is 2. The summed E-state index contributed by atoms with van der Waals surface area (Å²) in [6.07, 6.45) is -1.27. The first-order chi connectivity index (χ1) is 15.9. The zero-order chi connectivity index (χ0) is 23.5. The SMILES string of the molecule is CNC1CCN(CC(N2CCC(NC)C(F)C2)n2c(=O)ccc3ccc(C#N)cc32)CC1F. The summed E-state index contributed by atoms with van der Waals surface area (Å²) in [5, 5.41) is 16.3. The normalized spacial score (nSPS) is 28.0. The number of benzene rings is 1. The molecule has 1 aromatic heterocycles. The lowest BCUT2D eigenvalue weighted by Crippen LogP contribution is -2.56. The quantitative estimate of drug-likeness (QED) is 0.686. The molecule has 2 aromatic rings. The van der Waals surface area contributed by atoms with Crippen LogP contribution in [0.2, 0.25) is 0 Å². The summed E-state index contributed by atoms with van der Waals surface area (Å²) in [7, 11) is 3.53. The van der Waals surface area contributed by atoms with Gasteiger partial charge in [-0.25, -0.2) is 8.78 Å². The molecule has 33 heavy (non-hydrogen) atoms. The van der Waals surface area contributed by atoms with Gasteiger partial charge in [0.1, 0.15) is 18.5 Å². The molecule has 2 aliphatic heterocycles. The highest BCUT2D eigenvalue weighted by molar-refractivity contribution is 5.80. The molecule has 5 atom stereocenters. The molecule has 2 fully saturated rings. The number of nitrogens with zero attached hydrogens (tertiary/aromatic N) is 4. The monoisotopic (exact) mass is 458 g/mol. The third-order valence-electron chi connectivity index (χ3n) is 7.14. The van der Waals surface area contributed by atoms with E-state index < -0.39 is 18.5 Å². The van der Waals surface area contributed by atoms with Gasteiger partial charge in [-0.15, -0.1) is 0 Å². The number of piperidine rings is 2. The largest absolute Gasteiger partial charge is 0.314 e. The number of rotatable bonds is 6. The number of aromatic nitrogens is 1. The van der Waals surface area contributed by atoms with Gasteiger partial charge in [-0.1, -0.05) is 6.07 Å². The summed E-state index contributed by atoms with van der Waals surface area (Å²) in [5.41, 5.74) is 0.881. The maximum absolute atomic E-state index is 14.9. The summed E-state index contributed by atoms with van der Waals surface area (Å²) in [4.78, 5) is 17.2. The number of hydrogen-bond acceptors (Lipinski definition) is 6. The van der Waals surface area contributed by atoms with E-state index in [4.69, 9.17) is 0 Å². The summed E-state index contributed by atoms with van der Waals surface area (Å²) in [6, 6.07) is 10.2. The van der Waals surface area contributed by atoms with Crippen LogP contribution < -0.4 is 16.2 Å². The van der Waals surface area contributed by atoms with Crippen LogP contribution in [0, 0.1) is 11.3 Å². The van der Waals surface area contributed by atoms with Crippen molar-refractivity contribution >= 4 is 10.9 Å². The van der Waals surface area contributed by atoms with Crippen LogP contribution >= 0.6 is 0 Å². The minimum Gasteiger partial charge on any atom is -0.314 e. The highest BCUT2D eigenvalue weighted by atomic mass is 19.1. The van der Waals surface area contributed by atoms with E-state index in [2.05, 4.69) is 16.7 Å². The molecule has 178 valence electrons. The Morgan fingerprint density at radius 1 is 1.06 bits per heavy atom. The molecular formula is C24H32F2N6O. The third kappa shape index (κ3) is 4.94. The fourth-order valence-electron chi connectivity index (χ4n) is 5.20. The average molecular weight is 459 g/mol. The van der Waals surface area contributed by atoms with Gasteiger partial charge in [0.05, 0.1) is 17.1 Å². The second-order valence-electron chi connectivity index (χ2n) is 9.06. The zero-order valence-electron chi connectivity index (χ0n) is 19.2. The molecule has 1 aromatic carbocycles. The number of fused-ring (bicyclic) bond motifs is 1. The van der Waals surface area contributed by atoms with Crippen molar-refractivity contribution < 1.29 is 8.78 Å². The highest BCUT2D eigenvalue weighted by Crippen LogP contribution is 2.27. The van der Waals surface area contributed by atoms with Crippen LogP contribution in [0.15, 0.2) is 35.1 Å². The Balaban J connectivity index is 1.73. The fraction of sp³-hybridized carbons (Fsp3) is 0.583. The van der Waals surface area contributed by atoms with E-state index in [1.165, 1.54) is 6.07 Å². The van der Waals surface area contributed by atoms with Crippen molar-refractivity contribution in [2.45, 2.75) is 43.4 Å². The van der Waals surface area contributed by atoms with Crippen molar-refractivity contribution in [3.05, 3.63) is 46.2 Å². The first kappa shape index (κ1) is 23.8. The van der Waals surface area contributed by atoms with E-state index >= 15 is 0 Å². The molecule has 0 saturated carbocycles. The number of hydrogen-bond donors (Lipinski definition) is 2. The second-order valence-corrected chi connectivity index (χ2v) is 9.06. The lowest BCUT2D eigenvalue weighted by atomic mass is 10.0. The van der Waals surface area contributed by atoms with E-state index in [0.29, 0.717) is 43.6 Å². The topological polar surface area (TPSA) is 76.3 Å². The molecule has 7 nitrogen and oxygen atoms in total. The Kier molecular flexibility index (Phi) is 7.39. The number of nitriles is 1. The Bertz CT molecular complexity index is 1070. The molecule has 0 spiro atoms. The van der Waals surface area contributed by atoms with E-state index in [9.17, 15) is 18.8 Å². The van der Waals surface area contributed by atoms with Crippen molar-refractivity contribution in [1.29, 1.82) is 5.26 Å². The molecule has 0 radical (unpaired) electrons. The maximum Gasteiger partial charge on any atom is 0.252 e. The van der Waals surface area contributed by atoms with E-state index in [-0.39, 0.29) is 30.7 Å². The molecule has 5 unspecified atom stereocenters. The van der Waals surface area contributed by atoms with Crippen molar-refractivity contribution in [1.82, 2.24) is 25.0 Å². The van der Waals surface area contributed by atoms with E-state index in [1.807, 2.05) is 15.9 Å². The Morgan fingerprint density at radius 2 is 1.73 bits per heavy atom. The van der Waals surface area contributed by atoms with Gasteiger partial charge in [0.15, 0.2) is 0 Å². The smallest absolute Gasteiger partial charge is 0.252 e. The Hall–Kier alpha value is -2.38. The second kappa shape index (κ2) is 10.3. The standard InChI is InChI=1S/C24H32F2N6O/c1-28-20-7-9-30(13-18(20)25)15-23(31-10-8-21(29-2)19(26)14-31)32-22-11-16(12-27)3-4-17(22)5-6-24(32)33/h3-6,11,18-21,23,28-29H,7-10,13-15H2,1-2H3. The Labute approximate surface area is 193 Å². The van der Waals surface area contributed by atoms with Crippen molar-refractivity contribution in [3.63, 3.8) is 0 Å². The van der Waals surface area contributed by atoms with Crippen LogP contribution in [0.5, 0.6) is 0 Å². The van der Waals surface area contributed by atoms with Gasteiger partial charge in [0.25, 0.3) is 5.56 Å². The number of likely N-dealkylation sites (tertiary alicyclic amines) is 2. The predicted octanol–water partition coefficient (Wildman–Crippen LogP) is 1.64. The molecule has 2 saturated heterocycles. The Morgan fingerprint density at radius 3 is 2.36 bits per heavy atom. The molecule has 0 bridgehead atoms. The van der Waals surface area contributed by atoms with E-state index in [0.717, 1.165) is 5.39 Å². The number of pyridine rings is 1. The highest BCUT2D eigenvalue weighted by Gasteiger charge is 2.36. The summed E-state index contributed by atoms with van der Waals surface area (Å²) in [6.45, 7) is 2.16. The number of halogens is 2. The third-order valence-corrected chi connectivity index (χ3v) is 7.14. The summed E-state index contributed by atoms with van der Waals surface area (Å²) < 4.78 is 31.3. The van der Waals surface area contributed by atoms with Crippen molar-refractivity contribution in [3.8, 4) is 6.07 Å². The van der Waals surface area contributed by atoms with Crippen LogP contribution in [-0.4, -0.2) is 85.6 Å². The molecule has 4 rings (SSSR count). The lowest BCUT2D eigenvalue weighted by Gasteiger charge is -2.43. The minimum absolute atomic E-state index is 0.181. The van der Waals surface area contributed by atoms with Gasteiger partial charge >= 0.3 is 0 Å². The number of nitrogens with one attached hydrogen (secondary N) is 2. The molecule has 2 N–H and O–H groups in total. The average Bonchev–Trinajstić information content (AvgIpc) is 2.82. The van der Waals surface area contributed by atoms with E-state index in [1.54, 1.807) is 36.9 Å². The first-order valence-electron chi connectivity index (χ1n) is 11.6. The van der Waals surface area contributed by atoms with Crippen LogP contribution in [0.4, 0.5) is 8.78 Å². The van der Waals surface area contributed by atoms with Crippen molar-refractivity contribution in [2.24, 2.45) is 0 Å². The van der Waals surface area contributed by atoms with Gasteiger partial charge in [0.2, 0.25) is 0 Å². The predicted molar refractivity (Wildman–Crippen MR) is 125 cm³/mol. The molecule has 2 aliphatic rings. The first-order valence-corrected chi connectivity index (χ1v) is 11.6. The zero-order valence-corrected chi connectivity index (χ0v) is 19.2. The van der Waals surface area contributed by atoms with Crippen LogP contribution in [0.25, 0.3) is 10.9 Å². The van der Waals surface area contributed by atoms with Gasteiger partial charge in [-0.2, -0.15) is 5.26 Å². The summed E-state index contributed by atoms with van der Waals surface area (Å²) >= 11 is 0. The van der Waals surface area contributed by atoms with Gasteiger partial charge in [-0.05, 0) is 57.1 Å². The molecule has 0 aliphatic carbocycles. The molecule has 3 heterocycles. The molecular weight excluding hydrogens is 426 g/mol.